The Morgan fingerprint density at radius 1 is 1.22 bits per heavy atom. The van der Waals surface area contributed by atoms with Crippen LogP contribution in [0.5, 0.6) is 0 Å². The molecule has 1 amide bonds. The van der Waals surface area contributed by atoms with Gasteiger partial charge in [-0.25, -0.2) is 0 Å². The number of rotatable bonds is 9. The van der Waals surface area contributed by atoms with E-state index >= 15 is 0 Å². The maximum absolute atomic E-state index is 11.1. The van der Waals surface area contributed by atoms with Crippen molar-refractivity contribution >= 4 is 17.7 Å². The Morgan fingerprint density at radius 3 is 2.44 bits per heavy atom. The van der Waals surface area contributed by atoms with Gasteiger partial charge < -0.3 is 10.1 Å². The van der Waals surface area contributed by atoms with Crippen molar-refractivity contribution in [3.63, 3.8) is 0 Å². The molecule has 18 heavy (non-hydrogen) atoms. The number of esters is 1. The third-order valence-electron chi connectivity index (χ3n) is 2.24. The molecule has 0 aromatic rings. The summed E-state index contributed by atoms with van der Waals surface area (Å²) in [5.74, 6) is -0.762. The second kappa shape index (κ2) is 9.39. The molecule has 0 unspecified atom stereocenters. The summed E-state index contributed by atoms with van der Waals surface area (Å²) in [6.07, 6.45) is 1.57. The predicted molar refractivity (Wildman–Crippen MR) is 67.9 cm³/mol. The molecule has 0 bridgehead atoms. The van der Waals surface area contributed by atoms with Crippen LogP contribution in [0.25, 0.3) is 0 Å². The molecule has 0 aliphatic heterocycles. The number of unbranched alkanes of at least 4 members (excludes halogenated alkanes) is 1. The molecule has 102 valence electrons. The average molecular weight is 255 g/mol. The van der Waals surface area contributed by atoms with Gasteiger partial charge in [0.25, 0.3) is 0 Å². The summed E-state index contributed by atoms with van der Waals surface area (Å²) in [5, 5.41) is 2.68. The maximum atomic E-state index is 11.1. The molecule has 0 aromatic heterocycles. The van der Waals surface area contributed by atoms with E-state index in [2.05, 4.69) is 11.9 Å². The summed E-state index contributed by atoms with van der Waals surface area (Å²) in [6.45, 7) is 7.67. The van der Waals surface area contributed by atoms with Gasteiger partial charge in [0, 0.05) is 18.5 Å². The smallest absolute Gasteiger partial charge is 0.313 e. The van der Waals surface area contributed by atoms with E-state index in [0.717, 1.165) is 0 Å². The lowest BCUT2D eigenvalue weighted by Crippen LogP contribution is -2.24. The number of amides is 1. The maximum Gasteiger partial charge on any atom is 0.313 e. The van der Waals surface area contributed by atoms with E-state index in [0.29, 0.717) is 31.4 Å². The minimum absolute atomic E-state index is 0.117. The molecule has 0 heterocycles. The second-order valence-corrected chi connectivity index (χ2v) is 4.03. The number of hydrogen-bond donors (Lipinski definition) is 1. The van der Waals surface area contributed by atoms with Crippen LogP contribution in [0.3, 0.4) is 0 Å². The van der Waals surface area contributed by atoms with Crippen LogP contribution in [0.2, 0.25) is 0 Å². The third-order valence-corrected chi connectivity index (χ3v) is 2.24. The van der Waals surface area contributed by atoms with Crippen molar-refractivity contribution in [2.75, 3.05) is 13.2 Å². The fourth-order valence-corrected chi connectivity index (χ4v) is 1.10. The molecule has 0 fully saturated rings. The van der Waals surface area contributed by atoms with Crippen LogP contribution in [0.1, 0.15) is 39.5 Å². The van der Waals surface area contributed by atoms with Gasteiger partial charge >= 0.3 is 5.97 Å². The van der Waals surface area contributed by atoms with Crippen molar-refractivity contribution in [3.05, 3.63) is 12.2 Å². The Bertz CT molecular complexity index is 323. The van der Waals surface area contributed by atoms with Crippen LogP contribution in [0, 0.1) is 0 Å². The molecule has 1 N–H and O–H groups in total. The number of carbonyl (C=O) groups excluding carboxylic acids is 3. The van der Waals surface area contributed by atoms with Crippen LogP contribution in [-0.2, 0) is 19.1 Å². The SMILES string of the molecule is C=C(C)C(=O)NCCCCOC(=O)CC(=O)CC. The first kappa shape index (κ1) is 16.4. The van der Waals surface area contributed by atoms with Crippen LogP contribution < -0.4 is 5.32 Å². The lowest BCUT2D eigenvalue weighted by atomic mass is 10.2. The first-order chi connectivity index (χ1) is 8.47. The van der Waals surface area contributed by atoms with E-state index < -0.39 is 5.97 Å². The molecular weight excluding hydrogens is 234 g/mol. The number of ketones is 1. The highest BCUT2D eigenvalue weighted by Gasteiger charge is 2.08. The van der Waals surface area contributed by atoms with Gasteiger partial charge in [0.15, 0.2) is 0 Å². The monoisotopic (exact) mass is 255 g/mol. The van der Waals surface area contributed by atoms with E-state index in [9.17, 15) is 14.4 Å². The van der Waals surface area contributed by atoms with Crippen LogP contribution in [-0.4, -0.2) is 30.8 Å². The second-order valence-electron chi connectivity index (χ2n) is 4.03. The first-order valence-electron chi connectivity index (χ1n) is 6.08. The third kappa shape index (κ3) is 8.50. The normalized spacial score (nSPS) is 9.67. The highest BCUT2D eigenvalue weighted by molar-refractivity contribution is 5.95. The van der Waals surface area contributed by atoms with Gasteiger partial charge in [-0.3, -0.25) is 14.4 Å². The largest absolute Gasteiger partial charge is 0.465 e. The molecule has 0 saturated carbocycles. The summed E-state index contributed by atoms with van der Waals surface area (Å²) < 4.78 is 4.88. The van der Waals surface area contributed by atoms with Crippen molar-refractivity contribution in [3.8, 4) is 0 Å². The Balaban J connectivity index is 3.46. The molecule has 5 nitrogen and oxygen atoms in total. The Hall–Kier alpha value is -1.65. The van der Waals surface area contributed by atoms with Gasteiger partial charge in [-0.05, 0) is 19.8 Å². The summed E-state index contributed by atoms with van der Waals surface area (Å²) >= 11 is 0. The Morgan fingerprint density at radius 2 is 1.89 bits per heavy atom. The van der Waals surface area contributed by atoms with Gasteiger partial charge in [0.2, 0.25) is 5.91 Å². The number of nitrogens with one attached hydrogen (secondary N) is 1. The van der Waals surface area contributed by atoms with Crippen LogP contribution in [0.15, 0.2) is 12.2 Å². The molecule has 0 aromatic carbocycles. The molecule has 0 radical (unpaired) electrons. The predicted octanol–water partition coefficient (Wildman–Crippen LogP) is 1.37. The molecule has 0 saturated heterocycles. The van der Waals surface area contributed by atoms with Gasteiger partial charge in [0.05, 0.1) is 6.61 Å². The number of ether oxygens (including phenoxy) is 1. The lowest BCUT2D eigenvalue weighted by Gasteiger charge is -2.05. The fraction of sp³-hybridized carbons (Fsp3) is 0.615. The zero-order valence-corrected chi connectivity index (χ0v) is 11.1. The Kier molecular flexibility index (Phi) is 8.53. The summed E-state index contributed by atoms with van der Waals surface area (Å²) in [7, 11) is 0. The highest BCUT2D eigenvalue weighted by Crippen LogP contribution is 1.95. The molecule has 0 atom stereocenters. The minimum atomic E-state index is -0.479. The molecule has 0 aliphatic carbocycles. The van der Waals surface area contributed by atoms with E-state index in [1.54, 1.807) is 13.8 Å². The van der Waals surface area contributed by atoms with Crippen molar-refractivity contribution in [2.24, 2.45) is 0 Å². The van der Waals surface area contributed by atoms with Gasteiger partial charge in [0.1, 0.15) is 12.2 Å². The number of Topliss-reactive ketones (excluding diaryl/α,β-unsaturated/α-hetero) is 1. The van der Waals surface area contributed by atoms with Crippen molar-refractivity contribution < 1.29 is 19.1 Å². The van der Waals surface area contributed by atoms with E-state index in [1.165, 1.54) is 0 Å². The molecule has 5 heteroatoms. The topological polar surface area (TPSA) is 72.5 Å². The molecule has 0 spiro atoms. The van der Waals surface area contributed by atoms with Crippen LogP contribution >= 0.6 is 0 Å². The van der Waals surface area contributed by atoms with E-state index in [1.807, 2.05) is 0 Å². The summed E-state index contributed by atoms with van der Waals surface area (Å²) in [6, 6.07) is 0. The summed E-state index contributed by atoms with van der Waals surface area (Å²) in [5.41, 5.74) is 0.472. The average Bonchev–Trinajstić information content (AvgIpc) is 2.32. The quantitative estimate of drug-likeness (QED) is 0.292. The van der Waals surface area contributed by atoms with Gasteiger partial charge in [-0.1, -0.05) is 13.5 Å². The lowest BCUT2D eigenvalue weighted by molar-refractivity contribution is -0.146. The Labute approximate surface area is 108 Å². The number of hydrogen-bond acceptors (Lipinski definition) is 4. The van der Waals surface area contributed by atoms with E-state index in [-0.39, 0.29) is 24.7 Å². The number of carbonyl (C=O) groups is 3. The first-order valence-corrected chi connectivity index (χ1v) is 6.08. The molecule has 0 aliphatic rings. The summed E-state index contributed by atoms with van der Waals surface area (Å²) in [4.78, 5) is 33.2. The van der Waals surface area contributed by atoms with Crippen molar-refractivity contribution in [2.45, 2.75) is 39.5 Å². The van der Waals surface area contributed by atoms with E-state index in [4.69, 9.17) is 4.74 Å². The fourth-order valence-electron chi connectivity index (χ4n) is 1.10. The minimum Gasteiger partial charge on any atom is -0.465 e. The zero-order valence-electron chi connectivity index (χ0n) is 11.1. The van der Waals surface area contributed by atoms with Crippen molar-refractivity contribution in [1.82, 2.24) is 5.32 Å². The van der Waals surface area contributed by atoms with Gasteiger partial charge in [-0.2, -0.15) is 0 Å². The van der Waals surface area contributed by atoms with Crippen LogP contribution in [0.4, 0.5) is 0 Å². The standard InChI is InChI=1S/C13H21NO4/c1-4-11(15)9-12(16)18-8-6-5-7-14-13(17)10(2)3/h2,4-9H2,1,3H3,(H,14,17). The molecule has 0 rings (SSSR count). The highest BCUT2D eigenvalue weighted by atomic mass is 16.5. The van der Waals surface area contributed by atoms with Gasteiger partial charge in [-0.15, -0.1) is 0 Å². The zero-order chi connectivity index (χ0) is 14.0. The molecular formula is C13H21NO4. The van der Waals surface area contributed by atoms with Crippen molar-refractivity contribution in [1.29, 1.82) is 0 Å².